The minimum atomic E-state index is -0.524. The molecule has 0 spiro atoms. The number of amides is 1. The first-order chi connectivity index (χ1) is 8.99. The third-order valence-electron chi connectivity index (χ3n) is 2.83. The van der Waals surface area contributed by atoms with Crippen molar-refractivity contribution in [3.05, 3.63) is 29.8 Å². The maximum Gasteiger partial charge on any atom is 0.411 e. The Morgan fingerprint density at radius 3 is 2.79 bits per heavy atom. The van der Waals surface area contributed by atoms with Gasteiger partial charge in [-0.25, -0.2) is 4.79 Å². The highest BCUT2D eigenvalue weighted by Crippen LogP contribution is 2.36. The molecule has 2 rings (SSSR count). The number of esters is 1. The van der Waals surface area contributed by atoms with Crippen molar-refractivity contribution >= 4 is 33.7 Å². The van der Waals surface area contributed by atoms with Crippen LogP contribution < -0.4 is 5.32 Å². The molecule has 1 aromatic carbocycles. The smallest absolute Gasteiger partial charge is 0.411 e. The molecule has 1 aliphatic rings. The lowest BCUT2D eigenvalue weighted by Gasteiger charge is -2.31. The van der Waals surface area contributed by atoms with Crippen LogP contribution in [-0.2, 0) is 14.3 Å². The van der Waals surface area contributed by atoms with Gasteiger partial charge in [0.1, 0.15) is 12.2 Å². The summed E-state index contributed by atoms with van der Waals surface area (Å²) in [5.74, 6) is -0.386. The summed E-state index contributed by atoms with van der Waals surface area (Å²) < 4.78 is 10.5. The number of nitrogens with one attached hydrogen (secondary N) is 1. The van der Waals surface area contributed by atoms with Gasteiger partial charge in [0.25, 0.3) is 0 Å². The molecule has 0 radical (unpaired) electrons. The SMILES string of the molecule is CC(=O)O[C@H]1c2ccccc2NC(=O)O[C@H](C)[C@H]1Br. The molecule has 0 aromatic heterocycles. The van der Waals surface area contributed by atoms with Crippen LogP contribution in [0.25, 0.3) is 0 Å². The number of hydrogen-bond acceptors (Lipinski definition) is 4. The van der Waals surface area contributed by atoms with Crippen LogP contribution in [0.3, 0.4) is 0 Å². The molecule has 19 heavy (non-hydrogen) atoms. The van der Waals surface area contributed by atoms with Gasteiger partial charge in [-0.05, 0) is 13.0 Å². The number of rotatable bonds is 1. The monoisotopic (exact) mass is 327 g/mol. The number of cyclic esters (lactones) is 1. The standard InChI is InChI=1S/C13H14BrNO4/c1-7-11(14)12(19-8(2)16)9-5-3-4-6-10(9)15-13(17)18-7/h3-7,11-12H,1-2H3,(H,15,17)/t7-,11-,12+/m1/s1. The number of carbonyl (C=O) groups is 2. The number of fused-ring (bicyclic) bond motifs is 1. The van der Waals surface area contributed by atoms with Crippen molar-refractivity contribution in [3.8, 4) is 0 Å². The predicted molar refractivity (Wildman–Crippen MR) is 73.2 cm³/mol. The molecular weight excluding hydrogens is 314 g/mol. The fraction of sp³-hybridized carbons (Fsp3) is 0.385. The third-order valence-corrected chi connectivity index (χ3v) is 4.05. The molecule has 0 saturated carbocycles. The minimum Gasteiger partial charge on any atom is -0.456 e. The molecule has 1 aromatic rings. The number of para-hydroxylation sites is 1. The number of halogens is 1. The van der Waals surface area contributed by atoms with Gasteiger partial charge in [-0.15, -0.1) is 0 Å². The highest BCUT2D eigenvalue weighted by atomic mass is 79.9. The molecule has 1 heterocycles. The summed E-state index contributed by atoms with van der Waals surface area (Å²) in [5.41, 5.74) is 1.32. The lowest BCUT2D eigenvalue weighted by Crippen LogP contribution is -2.35. The minimum absolute atomic E-state index is 0.316. The second-order valence-electron chi connectivity index (χ2n) is 4.30. The lowest BCUT2D eigenvalue weighted by molar-refractivity contribution is -0.147. The van der Waals surface area contributed by atoms with Gasteiger partial charge in [-0.1, -0.05) is 34.1 Å². The number of carbonyl (C=O) groups excluding carboxylic acids is 2. The quantitative estimate of drug-likeness (QED) is 0.636. The molecular formula is C13H14BrNO4. The fourth-order valence-electron chi connectivity index (χ4n) is 1.96. The van der Waals surface area contributed by atoms with E-state index in [0.29, 0.717) is 5.69 Å². The average molecular weight is 328 g/mol. The van der Waals surface area contributed by atoms with E-state index in [-0.39, 0.29) is 10.8 Å². The van der Waals surface area contributed by atoms with Crippen LogP contribution in [0.5, 0.6) is 0 Å². The predicted octanol–water partition coefficient (Wildman–Crippen LogP) is 3.00. The first-order valence-corrected chi connectivity index (χ1v) is 6.78. The Kier molecular flexibility index (Phi) is 4.09. The van der Waals surface area contributed by atoms with Gasteiger partial charge in [0, 0.05) is 12.5 Å². The van der Waals surface area contributed by atoms with Crippen LogP contribution in [0.2, 0.25) is 0 Å². The van der Waals surface area contributed by atoms with Gasteiger partial charge in [-0.3, -0.25) is 10.1 Å². The summed E-state index contributed by atoms with van der Waals surface area (Å²) in [4.78, 5) is 22.6. The summed E-state index contributed by atoms with van der Waals surface area (Å²) in [6, 6.07) is 7.17. The van der Waals surface area contributed by atoms with Crippen molar-refractivity contribution in [1.82, 2.24) is 0 Å². The van der Waals surface area contributed by atoms with Crippen LogP contribution in [0.4, 0.5) is 10.5 Å². The Hall–Kier alpha value is -1.56. The summed E-state index contributed by atoms with van der Waals surface area (Å²) in [7, 11) is 0. The van der Waals surface area contributed by atoms with Crippen LogP contribution in [0.1, 0.15) is 25.5 Å². The summed E-state index contributed by atoms with van der Waals surface area (Å²) in [5, 5.41) is 2.64. The molecule has 1 amide bonds. The van der Waals surface area contributed by atoms with Gasteiger partial charge >= 0.3 is 12.1 Å². The molecule has 0 bridgehead atoms. The van der Waals surface area contributed by atoms with Crippen molar-refractivity contribution in [1.29, 1.82) is 0 Å². The van der Waals surface area contributed by atoms with Crippen molar-refractivity contribution < 1.29 is 19.1 Å². The summed E-state index contributed by atoms with van der Waals surface area (Å²) in [6.45, 7) is 3.09. The zero-order valence-electron chi connectivity index (χ0n) is 10.6. The molecule has 0 saturated heterocycles. The van der Waals surface area contributed by atoms with Crippen molar-refractivity contribution in [2.45, 2.75) is 30.9 Å². The van der Waals surface area contributed by atoms with Gasteiger partial charge in [0.15, 0.2) is 0 Å². The molecule has 1 aliphatic heterocycles. The Balaban J connectivity index is 2.45. The molecule has 0 unspecified atom stereocenters. The zero-order chi connectivity index (χ0) is 14.0. The van der Waals surface area contributed by atoms with Crippen LogP contribution in [0.15, 0.2) is 24.3 Å². The maximum atomic E-state index is 11.6. The Labute approximate surface area is 119 Å². The first kappa shape index (κ1) is 13.9. The van der Waals surface area contributed by atoms with Gasteiger partial charge in [0.2, 0.25) is 0 Å². The first-order valence-electron chi connectivity index (χ1n) is 5.87. The molecule has 3 atom stereocenters. The van der Waals surface area contributed by atoms with Crippen LogP contribution in [-0.4, -0.2) is 23.0 Å². The average Bonchev–Trinajstić information content (AvgIpc) is 2.34. The zero-order valence-corrected chi connectivity index (χ0v) is 12.1. The number of ether oxygens (including phenoxy) is 2. The molecule has 0 fully saturated rings. The van der Waals surface area contributed by atoms with Crippen molar-refractivity contribution in [2.24, 2.45) is 0 Å². The number of hydrogen-bond donors (Lipinski definition) is 1. The van der Waals surface area contributed by atoms with E-state index in [1.807, 2.05) is 12.1 Å². The molecule has 1 N–H and O–H groups in total. The van der Waals surface area contributed by atoms with E-state index in [0.717, 1.165) is 5.56 Å². The van der Waals surface area contributed by atoms with E-state index in [1.165, 1.54) is 6.92 Å². The number of anilines is 1. The fourth-order valence-corrected chi connectivity index (χ4v) is 2.46. The Bertz CT molecular complexity index is 505. The second kappa shape index (κ2) is 5.61. The maximum absolute atomic E-state index is 11.6. The topological polar surface area (TPSA) is 64.6 Å². The summed E-state index contributed by atoms with van der Waals surface area (Å²) >= 11 is 3.45. The highest BCUT2D eigenvalue weighted by molar-refractivity contribution is 9.09. The van der Waals surface area contributed by atoms with E-state index in [1.54, 1.807) is 19.1 Å². The van der Waals surface area contributed by atoms with E-state index >= 15 is 0 Å². The third kappa shape index (κ3) is 3.07. The summed E-state index contributed by atoms with van der Waals surface area (Å²) in [6.07, 6.45) is -1.48. The highest BCUT2D eigenvalue weighted by Gasteiger charge is 2.34. The largest absolute Gasteiger partial charge is 0.456 e. The Morgan fingerprint density at radius 1 is 1.42 bits per heavy atom. The molecule has 102 valence electrons. The van der Waals surface area contributed by atoms with Gasteiger partial charge in [0.05, 0.1) is 10.5 Å². The van der Waals surface area contributed by atoms with Gasteiger partial charge < -0.3 is 9.47 Å². The van der Waals surface area contributed by atoms with Gasteiger partial charge in [-0.2, -0.15) is 0 Å². The van der Waals surface area contributed by atoms with E-state index in [2.05, 4.69) is 21.2 Å². The lowest BCUT2D eigenvalue weighted by atomic mass is 10.0. The van der Waals surface area contributed by atoms with E-state index in [4.69, 9.17) is 9.47 Å². The number of alkyl halides is 1. The van der Waals surface area contributed by atoms with Crippen molar-refractivity contribution in [3.63, 3.8) is 0 Å². The normalized spacial score (nSPS) is 26.3. The molecule has 6 heteroatoms. The molecule has 0 aliphatic carbocycles. The van der Waals surface area contributed by atoms with E-state index in [9.17, 15) is 9.59 Å². The van der Waals surface area contributed by atoms with Crippen molar-refractivity contribution in [2.75, 3.05) is 5.32 Å². The van der Waals surface area contributed by atoms with Crippen LogP contribution in [0, 0.1) is 0 Å². The Morgan fingerprint density at radius 2 is 2.11 bits per heavy atom. The molecule has 5 nitrogen and oxygen atoms in total. The van der Waals surface area contributed by atoms with Crippen LogP contribution >= 0.6 is 15.9 Å². The second-order valence-corrected chi connectivity index (χ2v) is 5.35. The van der Waals surface area contributed by atoms with E-state index < -0.39 is 18.3 Å². The number of benzene rings is 1.